The molecule has 126 valence electrons. The Labute approximate surface area is 135 Å². The normalized spacial score (nSPS) is 30.8. The van der Waals surface area contributed by atoms with Gasteiger partial charge in [-0.3, -0.25) is 10.1 Å². The minimum atomic E-state index is -3.68. The molecule has 0 heterocycles. The van der Waals surface area contributed by atoms with Crippen molar-refractivity contribution in [2.45, 2.75) is 49.1 Å². The van der Waals surface area contributed by atoms with Crippen LogP contribution in [0.4, 0.5) is 5.69 Å². The number of sulfonamides is 1. The molecule has 7 nitrogen and oxygen atoms in total. The van der Waals surface area contributed by atoms with Crippen molar-refractivity contribution in [1.82, 2.24) is 4.72 Å². The van der Waals surface area contributed by atoms with Gasteiger partial charge in [-0.2, -0.15) is 0 Å². The number of nitrogens with two attached hydrogens (primary N) is 1. The monoisotopic (exact) mass is 339 g/mol. The lowest BCUT2D eigenvalue weighted by atomic mass is 9.67. The Morgan fingerprint density at radius 1 is 1.13 bits per heavy atom. The maximum atomic E-state index is 12.6. The third kappa shape index (κ3) is 3.39. The van der Waals surface area contributed by atoms with Gasteiger partial charge in [0.2, 0.25) is 10.0 Å². The Balaban J connectivity index is 1.79. The lowest BCUT2D eigenvalue weighted by Crippen LogP contribution is -2.53. The summed E-state index contributed by atoms with van der Waals surface area (Å²) < 4.78 is 28.0. The van der Waals surface area contributed by atoms with Crippen molar-refractivity contribution in [1.29, 1.82) is 0 Å². The van der Waals surface area contributed by atoms with E-state index in [1.54, 1.807) is 0 Å². The van der Waals surface area contributed by atoms with Crippen LogP contribution in [-0.4, -0.2) is 25.4 Å². The lowest BCUT2D eigenvalue weighted by Gasteiger charge is -2.44. The van der Waals surface area contributed by atoms with Gasteiger partial charge in [-0.05, 0) is 49.7 Å². The van der Waals surface area contributed by atoms with Gasteiger partial charge in [0.05, 0.1) is 9.82 Å². The second-order valence-corrected chi connectivity index (χ2v) is 8.29. The fourth-order valence-electron chi connectivity index (χ4n) is 3.98. The molecule has 0 aliphatic heterocycles. The highest BCUT2D eigenvalue weighted by Gasteiger charge is 2.41. The topological polar surface area (TPSA) is 115 Å². The van der Waals surface area contributed by atoms with Crippen molar-refractivity contribution in [2.24, 2.45) is 17.6 Å². The van der Waals surface area contributed by atoms with E-state index in [0.29, 0.717) is 0 Å². The van der Waals surface area contributed by atoms with Gasteiger partial charge in [-0.25, -0.2) is 13.1 Å². The van der Waals surface area contributed by atoms with Crippen LogP contribution in [0.2, 0.25) is 0 Å². The van der Waals surface area contributed by atoms with Crippen LogP contribution in [0.1, 0.15) is 32.1 Å². The standard InChI is InChI=1S/C15H21N3O4S/c16-12-8-10-2-1-3-11(9-12)15(10)17-23(21,22)14-6-4-13(5-7-14)18(19)20/h4-7,10-12,15,17H,1-3,8-9,16H2/t10-,11+,12?,15?. The zero-order chi connectivity index (χ0) is 16.6. The first-order valence-corrected chi connectivity index (χ1v) is 9.37. The third-order valence-electron chi connectivity index (χ3n) is 5.03. The van der Waals surface area contributed by atoms with Crippen LogP contribution in [0.15, 0.2) is 29.2 Å². The van der Waals surface area contributed by atoms with Crippen molar-refractivity contribution in [3.05, 3.63) is 34.4 Å². The summed E-state index contributed by atoms with van der Waals surface area (Å²) in [6, 6.07) is 5.07. The maximum absolute atomic E-state index is 12.6. The highest BCUT2D eigenvalue weighted by atomic mass is 32.2. The number of nitrogens with one attached hydrogen (secondary N) is 1. The van der Waals surface area contributed by atoms with Crippen LogP contribution in [0.5, 0.6) is 0 Å². The van der Waals surface area contributed by atoms with Gasteiger partial charge in [0, 0.05) is 24.2 Å². The summed E-state index contributed by atoms with van der Waals surface area (Å²) in [5.41, 5.74) is 5.95. The molecular weight excluding hydrogens is 318 g/mol. The average molecular weight is 339 g/mol. The number of rotatable bonds is 4. The van der Waals surface area contributed by atoms with Gasteiger partial charge in [0.1, 0.15) is 0 Å². The molecule has 1 aromatic carbocycles. The predicted octanol–water partition coefficient (Wildman–Crippen LogP) is 1.78. The van der Waals surface area contributed by atoms with Gasteiger partial charge in [0.15, 0.2) is 0 Å². The van der Waals surface area contributed by atoms with E-state index in [0.717, 1.165) is 32.1 Å². The fourth-order valence-corrected chi connectivity index (χ4v) is 5.35. The first kappa shape index (κ1) is 16.4. The number of hydrogen-bond acceptors (Lipinski definition) is 5. The van der Waals surface area contributed by atoms with Crippen LogP contribution in [-0.2, 0) is 10.0 Å². The summed E-state index contributed by atoms with van der Waals surface area (Å²) >= 11 is 0. The summed E-state index contributed by atoms with van der Waals surface area (Å²) in [7, 11) is -3.68. The summed E-state index contributed by atoms with van der Waals surface area (Å²) in [4.78, 5) is 10.2. The Morgan fingerprint density at radius 3 is 2.22 bits per heavy atom. The van der Waals surface area contributed by atoms with E-state index in [-0.39, 0.29) is 34.5 Å². The molecule has 2 bridgehead atoms. The molecule has 2 saturated carbocycles. The molecule has 4 atom stereocenters. The maximum Gasteiger partial charge on any atom is 0.269 e. The molecule has 0 spiro atoms. The van der Waals surface area contributed by atoms with E-state index in [1.165, 1.54) is 24.3 Å². The van der Waals surface area contributed by atoms with Crippen LogP contribution >= 0.6 is 0 Å². The highest BCUT2D eigenvalue weighted by molar-refractivity contribution is 7.89. The zero-order valence-electron chi connectivity index (χ0n) is 12.7. The summed E-state index contributed by atoms with van der Waals surface area (Å²) in [6.45, 7) is 0. The molecule has 2 aliphatic rings. The molecule has 0 aromatic heterocycles. The molecule has 2 unspecified atom stereocenters. The quantitative estimate of drug-likeness (QED) is 0.641. The van der Waals surface area contributed by atoms with Crippen LogP contribution in [0.3, 0.4) is 0 Å². The molecule has 3 N–H and O–H groups in total. The minimum Gasteiger partial charge on any atom is -0.328 e. The SMILES string of the molecule is NC1C[C@H]2CCC[C@@H](C1)C2NS(=O)(=O)c1ccc([N+](=O)[O-])cc1. The van der Waals surface area contributed by atoms with Gasteiger partial charge < -0.3 is 5.73 Å². The Hall–Kier alpha value is -1.51. The largest absolute Gasteiger partial charge is 0.328 e. The Kier molecular flexibility index (Phi) is 4.39. The first-order valence-electron chi connectivity index (χ1n) is 7.89. The molecule has 8 heteroatoms. The molecule has 0 saturated heterocycles. The smallest absolute Gasteiger partial charge is 0.269 e. The molecule has 23 heavy (non-hydrogen) atoms. The second-order valence-electron chi connectivity index (χ2n) is 6.58. The molecular formula is C15H21N3O4S. The van der Waals surface area contributed by atoms with E-state index < -0.39 is 14.9 Å². The van der Waals surface area contributed by atoms with E-state index in [2.05, 4.69) is 4.72 Å². The number of benzene rings is 1. The third-order valence-corrected chi connectivity index (χ3v) is 6.50. The van der Waals surface area contributed by atoms with Crippen LogP contribution in [0.25, 0.3) is 0 Å². The molecule has 3 rings (SSSR count). The van der Waals surface area contributed by atoms with Gasteiger partial charge >= 0.3 is 0 Å². The summed E-state index contributed by atoms with van der Waals surface area (Å²) in [6.07, 6.45) is 4.82. The van der Waals surface area contributed by atoms with Gasteiger partial charge in [-0.1, -0.05) is 6.42 Å². The van der Waals surface area contributed by atoms with Crippen molar-refractivity contribution in [3.8, 4) is 0 Å². The summed E-state index contributed by atoms with van der Waals surface area (Å²) in [5, 5.41) is 10.7. The summed E-state index contributed by atoms with van der Waals surface area (Å²) in [5.74, 6) is 0.565. The fraction of sp³-hybridized carbons (Fsp3) is 0.600. The van der Waals surface area contributed by atoms with E-state index >= 15 is 0 Å². The van der Waals surface area contributed by atoms with Crippen molar-refractivity contribution in [2.75, 3.05) is 0 Å². The van der Waals surface area contributed by atoms with E-state index in [4.69, 9.17) is 5.73 Å². The molecule has 0 radical (unpaired) electrons. The second kappa shape index (κ2) is 6.18. The molecule has 2 aliphatic carbocycles. The van der Waals surface area contributed by atoms with Crippen molar-refractivity contribution >= 4 is 15.7 Å². The van der Waals surface area contributed by atoms with E-state index in [9.17, 15) is 18.5 Å². The Bertz CT molecular complexity index is 675. The average Bonchev–Trinajstić information content (AvgIpc) is 2.48. The number of hydrogen-bond donors (Lipinski definition) is 2. The van der Waals surface area contributed by atoms with Gasteiger partial charge in [0.25, 0.3) is 5.69 Å². The van der Waals surface area contributed by atoms with E-state index in [1.807, 2.05) is 0 Å². The number of fused-ring (bicyclic) bond motifs is 2. The van der Waals surface area contributed by atoms with Crippen LogP contribution < -0.4 is 10.5 Å². The molecule has 2 fully saturated rings. The number of nitrogens with zero attached hydrogens (tertiary/aromatic N) is 1. The number of non-ortho nitro benzene ring substituents is 1. The highest BCUT2D eigenvalue weighted by Crippen LogP contribution is 2.40. The zero-order valence-corrected chi connectivity index (χ0v) is 13.5. The van der Waals surface area contributed by atoms with Crippen molar-refractivity contribution in [3.63, 3.8) is 0 Å². The Morgan fingerprint density at radius 2 is 1.70 bits per heavy atom. The predicted molar refractivity (Wildman–Crippen MR) is 85.2 cm³/mol. The number of nitro groups is 1. The lowest BCUT2D eigenvalue weighted by molar-refractivity contribution is -0.384. The van der Waals surface area contributed by atoms with Gasteiger partial charge in [-0.15, -0.1) is 0 Å². The minimum absolute atomic E-state index is 0.0658. The van der Waals surface area contributed by atoms with Crippen molar-refractivity contribution < 1.29 is 13.3 Å². The van der Waals surface area contributed by atoms with Crippen LogP contribution in [0, 0.1) is 22.0 Å². The molecule has 0 amide bonds. The molecule has 1 aromatic rings. The number of nitro benzene ring substituents is 1. The first-order chi connectivity index (χ1) is 10.9.